The van der Waals surface area contributed by atoms with Crippen LogP contribution in [-0.4, -0.2) is 27.9 Å². The molecule has 0 aliphatic heterocycles. The van der Waals surface area contributed by atoms with Crippen molar-refractivity contribution < 1.29 is 24.2 Å². The second-order valence-corrected chi connectivity index (χ2v) is 7.89. The summed E-state index contributed by atoms with van der Waals surface area (Å²) >= 11 is 6.80. The number of amides is 2. The molecular weight excluding hydrogens is 454 g/mol. The summed E-state index contributed by atoms with van der Waals surface area (Å²) in [4.78, 5) is 39.6. The summed E-state index contributed by atoms with van der Waals surface area (Å²) in [6, 6.07) is 19.6. The summed E-state index contributed by atoms with van der Waals surface area (Å²) in [6.45, 7) is 0. The van der Waals surface area contributed by atoms with E-state index in [9.17, 15) is 14.4 Å². The molecule has 3 aromatic carbocycles. The monoisotopic (exact) mass is 467 g/mol. The van der Waals surface area contributed by atoms with Gasteiger partial charge >= 0.3 is 11.9 Å². The molecule has 0 radical (unpaired) electrons. The predicted octanol–water partition coefficient (Wildman–Crippen LogP) is 5.02. The van der Waals surface area contributed by atoms with Crippen LogP contribution in [0.5, 0.6) is 10.9 Å². The third-order valence-electron chi connectivity index (χ3n) is 4.25. The number of benzene rings is 3. The molecule has 32 heavy (non-hydrogen) atoms. The van der Waals surface area contributed by atoms with Gasteiger partial charge < -0.3 is 15.2 Å². The number of carbonyl (C=O) groups excluding carboxylic acids is 2. The first-order valence-electron chi connectivity index (χ1n) is 9.18. The Labute approximate surface area is 190 Å². The zero-order chi connectivity index (χ0) is 22.7. The molecule has 0 unspecified atom stereocenters. The van der Waals surface area contributed by atoms with Gasteiger partial charge in [-0.15, -0.1) is 0 Å². The molecular formula is C22H14ClN3O5S. The third kappa shape index (κ3) is 4.85. The van der Waals surface area contributed by atoms with E-state index >= 15 is 0 Å². The minimum absolute atomic E-state index is 0.0233. The molecule has 4 aromatic rings. The SMILES string of the molecule is O=C(O)C(=O)Nc1nc(Oc2cccc(Cl)c2)sc1C(=O)Nc1ccc2ccccc2c1. The maximum Gasteiger partial charge on any atom is 0.394 e. The quantitative estimate of drug-likeness (QED) is 0.355. The van der Waals surface area contributed by atoms with Gasteiger partial charge in [-0.3, -0.25) is 14.9 Å². The Kier molecular flexibility index (Phi) is 6.02. The van der Waals surface area contributed by atoms with Crippen LogP contribution < -0.4 is 15.4 Å². The van der Waals surface area contributed by atoms with E-state index in [0.717, 1.165) is 22.1 Å². The number of carboxylic acid groups (broad SMARTS) is 1. The van der Waals surface area contributed by atoms with E-state index < -0.39 is 17.8 Å². The Morgan fingerprint density at radius 3 is 2.47 bits per heavy atom. The molecule has 0 aliphatic carbocycles. The summed E-state index contributed by atoms with van der Waals surface area (Å²) in [6.07, 6.45) is 0. The Balaban J connectivity index is 1.63. The number of carboxylic acids is 1. The van der Waals surface area contributed by atoms with Gasteiger partial charge in [-0.05, 0) is 41.1 Å². The summed E-state index contributed by atoms with van der Waals surface area (Å²) < 4.78 is 5.62. The van der Waals surface area contributed by atoms with Crippen molar-refractivity contribution in [1.82, 2.24) is 4.98 Å². The molecule has 0 saturated heterocycles. The van der Waals surface area contributed by atoms with Crippen LogP contribution in [0, 0.1) is 0 Å². The van der Waals surface area contributed by atoms with Crippen molar-refractivity contribution >= 4 is 63.0 Å². The van der Waals surface area contributed by atoms with E-state index in [1.54, 1.807) is 36.4 Å². The number of rotatable bonds is 5. The fourth-order valence-electron chi connectivity index (χ4n) is 2.83. The zero-order valence-electron chi connectivity index (χ0n) is 16.2. The summed E-state index contributed by atoms with van der Waals surface area (Å²) in [5, 5.41) is 16.2. The van der Waals surface area contributed by atoms with Crippen molar-refractivity contribution in [3.05, 3.63) is 76.6 Å². The van der Waals surface area contributed by atoms with Crippen LogP contribution in [0.3, 0.4) is 0 Å². The minimum atomic E-state index is -1.71. The highest BCUT2D eigenvalue weighted by Crippen LogP contribution is 2.34. The second-order valence-electron chi connectivity index (χ2n) is 6.49. The summed E-state index contributed by atoms with van der Waals surface area (Å²) in [5.41, 5.74) is 0.523. The van der Waals surface area contributed by atoms with Crippen LogP contribution in [0.25, 0.3) is 10.8 Å². The number of aromatic nitrogens is 1. The van der Waals surface area contributed by atoms with Crippen LogP contribution >= 0.6 is 22.9 Å². The van der Waals surface area contributed by atoms with Gasteiger partial charge in [-0.1, -0.05) is 59.3 Å². The maximum absolute atomic E-state index is 12.9. The Bertz CT molecular complexity index is 1350. The average Bonchev–Trinajstić information content (AvgIpc) is 3.15. The highest BCUT2D eigenvalue weighted by molar-refractivity contribution is 7.16. The van der Waals surface area contributed by atoms with Gasteiger partial charge in [0, 0.05) is 10.7 Å². The highest BCUT2D eigenvalue weighted by atomic mass is 35.5. The Morgan fingerprint density at radius 1 is 0.938 bits per heavy atom. The smallest absolute Gasteiger partial charge is 0.394 e. The Hall–Kier alpha value is -3.95. The lowest BCUT2D eigenvalue weighted by molar-refractivity contribution is -0.147. The van der Waals surface area contributed by atoms with Crippen molar-refractivity contribution in [2.75, 3.05) is 10.6 Å². The Morgan fingerprint density at radius 2 is 1.72 bits per heavy atom. The largest absolute Gasteiger partial charge is 0.474 e. The van der Waals surface area contributed by atoms with Crippen molar-refractivity contribution in [2.24, 2.45) is 0 Å². The number of halogens is 1. The van der Waals surface area contributed by atoms with Crippen LogP contribution in [-0.2, 0) is 9.59 Å². The molecule has 1 heterocycles. The molecule has 3 N–H and O–H groups in total. The van der Waals surface area contributed by atoms with Gasteiger partial charge in [0.05, 0.1) is 0 Å². The number of aliphatic carboxylic acids is 1. The maximum atomic E-state index is 12.9. The molecule has 4 rings (SSSR count). The van der Waals surface area contributed by atoms with E-state index in [1.165, 1.54) is 0 Å². The molecule has 1 aromatic heterocycles. The topological polar surface area (TPSA) is 118 Å². The number of nitrogens with zero attached hydrogens (tertiary/aromatic N) is 1. The highest BCUT2D eigenvalue weighted by Gasteiger charge is 2.23. The number of thiazole rings is 1. The van der Waals surface area contributed by atoms with Gasteiger partial charge in [0.15, 0.2) is 5.82 Å². The number of carbonyl (C=O) groups is 3. The lowest BCUT2D eigenvalue weighted by Gasteiger charge is -2.06. The van der Waals surface area contributed by atoms with Gasteiger partial charge in [0.1, 0.15) is 10.6 Å². The molecule has 2 amide bonds. The lowest BCUT2D eigenvalue weighted by atomic mass is 10.1. The van der Waals surface area contributed by atoms with E-state index in [2.05, 4.69) is 15.6 Å². The van der Waals surface area contributed by atoms with Crippen LogP contribution in [0.1, 0.15) is 9.67 Å². The fourth-order valence-corrected chi connectivity index (χ4v) is 3.80. The van der Waals surface area contributed by atoms with Gasteiger partial charge in [0.25, 0.3) is 11.1 Å². The number of nitrogens with one attached hydrogen (secondary N) is 2. The van der Waals surface area contributed by atoms with Crippen LogP contribution in [0.4, 0.5) is 11.5 Å². The van der Waals surface area contributed by atoms with Gasteiger partial charge in [0.2, 0.25) is 0 Å². The average molecular weight is 468 g/mol. The normalized spacial score (nSPS) is 10.5. The standard InChI is InChI=1S/C22H14ClN3O5S/c23-14-6-3-7-16(11-14)31-22-26-18(25-20(28)21(29)30)17(32-22)19(27)24-15-9-8-12-4-1-2-5-13(12)10-15/h1-11H,(H,24,27)(H,25,28)(H,29,30). The zero-order valence-corrected chi connectivity index (χ0v) is 17.7. The molecule has 0 aliphatic rings. The molecule has 10 heteroatoms. The van der Waals surface area contributed by atoms with Gasteiger partial charge in [-0.25, -0.2) is 4.79 Å². The van der Waals surface area contributed by atoms with Crippen molar-refractivity contribution in [2.45, 2.75) is 0 Å². The number of hydrogen-bond acceptors (Lipinski definition) is 6. The van der Waals surface area contributed by atoms with Crippen LogP contribution in [0.2, 0.25) is 5.02 Å². The molecule has 8 nitrogen and oxygen atoms in total. The fraction of sp³-hybridized carbons (Fsp3) is 0. The molecule has 0 bridgehead atoms. The predicted molar refractivity (Wildman–Crippen MR) is 122 cm³/mol. The molecule has 0 atom stereocenters. The van der Waals surface area contributed by atoms with Crippen molar-refractivity contribution in [3.8, 4) is 10.9 Å². The summed E-state index contributed by atoms with van der Waals surface area (Å²) in [5.74, 6) is -3.48. The number of fused-ring (bicyclic) bond motifs is 1. The van der Waals surface area contributed by atoms with Gasteiger partial charge in [-0.2, -0.15) is 4.98 Å². The lowest BCUT2D eigenvalue weighted by Crippen LogP contribution is -2.23. The van der Waals surface area contributed by atoms with E-state index in [0.29, 0.717) is 16.5 Å². The molecule has 0 fully saturated rings. The first-order chi connectivity index (χ1) is 15.4. The minimum Gasteiger partial charge on any atom is -0.474 e. The first kappa shape index (κ1) is 21.3. The number of anilines is 2. The molecule has 0 saturated carbocycles. The molecule has 160 valence electrons. The van der Waals surface area contributed by atoms with E-state index in [4.69, 9.17) is 21.4 Å². The van der Waals surface area contributed by atoms with E-state index in [1.807, 2.05) is 30.3 Å². The second kappa shape index (κ2) is 9.04. The molecule has 0 spiro atoms. The third-order valence-corrected chi connectivity index (χ3v) is 5.42. The van der Waals surface area contributed by atoms with E-state index in [-0.39, 0.29) is 15.9 Å². The number of hydrogen-bond donors (Lipinski definition) is 3. The summed E-state index contributed by atoms with van der Waals surface area (Å²) in [7, 11) is 0. The van der Waals surface area contributed by atoms with Crippen molar-refractivity contribution in [1.29, 1.82) is 0 Å². The van der Waals surface area contributed by atoms with Crippen LogP contribution in [0.15, 0.2) is 66.7 Å². The number of ether oxygens (including phenoxy) is 1. The van der Waals surface area contributed by atoms with Crippen molar-refractivity contribution in [3.63, 3.8) is 0 Å². The first-order valence-corrected chi connectivity index (χ1v) is 10.4.